The summed E-state index contributed by atoms with van der Waals surface area (Å²) in [7, 11) is 0. The van der Waals surface area contributed by atoms with Gasteiger partial charge in [-0.3, -0.25) is 19.8 Å². The van der Waals surface area contributed by atoms with E-state index in [4.69, 9.17) is 5.73 Å². The first kappa shape index (κ1) is 15.2. The monoisotopic (exact) mass is 339 g/mol. The molecule has 1 saturated heterocycles. The number of hydrogen-bond acceptors (Lipinski definition) is 4. The molecule has 0 bridgehead atoms. The van der Waals surface area contributed by atoms with E-state index in [9.17, 15) is 9.59 Å². The predicted octanol–water partition coefficient (Wildman–Crippen LogP) is 1.19. The van der Waals surface area contributed by atoms with E-state index in [2.05, 4.69) is 21.2 Å². The van der Waals surface area contributed by atoms with Crippen molar-refractivity contribution in [3.8, 4) is 0 Å². The van der Waals surface area contributed by atoms with Gasteiger partial charge in [-0.25, -0.2) is 0 Å². The number of hydrogen-bond donors (Lipinski definition) is 2. The first-order chi connectivity index (χ1) is 9.37. The number of amides is 2. The van der Waals surface area contributed by atoms with Gasteiger partial charge in [0, 0.05) is 17.1 Å². The molecule has 1 fully saturated rings. The van der Waals surface area contributed by atoms with E-state index in [-0.39, 0.29) is 24.4 Å². The van der Waals surface area contributed by atoms with Crippen LogP contribution in [0.15, 0.2) is 28.7 Å². The van der Waals surface area contributed by atoms with Crippen LogP contribution in [0, 0.1) is 0 Å². The molecule has 0 aliphatic carbocycles. The van der Waals surface area contributed by atoms with Crippen LogP contribution in [0.1, 0.15) is 25.5 Å². The topological polar surface area (TPSA) is 75.4 Å². The Morgan fingerprint density at radius 3 is 2.65 bits per heavy atom. The van der Waals surface area contributed by atoms with Crippen molar-refractivity contribution in [2.75, 3.05) is 13.1 Å². The number of nitrogens with two attached hydrogens (primary N) is 1. The number of nitrogens with zero attached hydrogens (tertiary/aromatic N) is 1. The summed E-state index contributed by atoms with van der Waals surface area (Å²) >= 11 is 3.50. The molecule has 0 radical (unpaired) electrons. The minimum Gasteiger partial charge on any atom is -0.329 e. The normalized spacial score (nSPS) is 20.6. The lowest BCUT2D eigenvalue weighted by atomic mass is 9.93. The quantitative estimate of drug-likeness (QED) is 0.811. The summed E-state index contributed by atoms with van der Waals surface area (Å²) in [6, 6.07) is 7.52. The molecule has 2 amide bonds. The summed E-state index contributed by atoms with van der Waals surface area (Å²) in [6.45, 7) is 4.08. The molecule has 1 heterocycles. The van der Waals surface area contributed by atoms with E-state index >= 15 is 0 Å². The molecule has 5 nitrogen and oxygen atoms in total. The third-order valence-electron chi connectivity index (χ3n) is 3.70. The van der Waals surface area contributed by atoms with Gasteiger partial charge in [-0.05, 0) is 25.5 Å². The van der Waals surface area contributed by atoms with Crippen LogP contribution in [-0.4, -0.2) is 35.3 Å². The number of piperazine rings is 1. The second-order valence-corrected chi connectivity index (χ2v) is 6.19. The Hall–Kier alpha value is -1.24. The van der Waals surface area contributed by atoms with E-state index in [0.29, 0.717) is 6.54 Å². The van der Waals surface area contributed by atoms with Crippen molar-refractivity contribution in [3.05, 3.63) is 34.3 Å². The standard InChI is InChI=1S/C14H18BrN3O2/c1-14(2)13(20)17-12(19)8-18(14)11(7-16)9-5-3-4-6-10(9)15/h3-6,11H,7-8,16H2,1-2H3,(H,17,19,20). The Kier molecular flexibility index (Phi) is 4.27. The second kappa shape index (κ2) is 5.63. The summed E-state index contributed by atoms with van der Waals surface area (Å²) < 4.78 is 0.921. The first-order valence-corrected chi connectivity index (χ1v) is 7.22. The van der Waals surface area contributed by atoms with Crippen LogP contribution in [0.4, 0.5) is 0 Å². The highest BCUT2D eigenvalue weighted by atomic mass is 79.9. The van der Waals surface area contributed by atoms with E-state index in [1.807, 2.05) is 29.2 Å². The number of halogens is 1. The minimum atomic E-state index is -0.784. The number of nitrogens with one attached hydrogen (secondary N) is 1. The maximum Gasteiger partial charge on any atom is 0.246 e. The third-order valence-corrected chi connectivity index (χ3v) is 4.43. The molecule has 1 atom stereocenters. The molecule has 1 aromatic carbocycles. The molecule has 0 aromatic heterocycles. The molecule has 108 valence electrons. The Morgan fingerprint density at radius 2 is 2.05 bits per heavy atom. The summed E-state index contributed by atoms with van der Waals surface area (Å²) in [6.07, 6.45) is 0. The average molecular weight is 340 g/mol. The van der Waals surface area contributed by atoms with Gasteiger partial charge in [0.05, 0.1) is 12.1 Å². The van der Waals surface area contributed by atoms with Crippen LogP contribution in [0.2, 0.25) is 0 Å². The smallest absolute Gasteiger partial charge is 0.246 e. The van der Waals surface area contributed by atoms with Crippen molar-refractivity contribution >= 4 is 27.7 Å². The van der Waals surface area contributed by atoms with Gasteiger partial charge in [-0.15, -0.1) is 0 Å². The highest BCUT2D eigenvalue weighted by Crippen LogP contribution is 2.33. The Morgan fingerprint density at radius 1 is 1.40 bits per heavy atom. The van der Waals surface area contributed by atoms with Crippen molar-refractivity contribution in [2.45, 2.75) is 25.4 Å². The maximum atomic E-state index is 12.0. The molecule has 1 aliphatic rings. The van der Waals surface area contributed by atoms with E-state index < -0.39 is 5.54 Å². The molecular formula is C14H18BrN3O2. The fourth-order valence-electron chi connectivity index (χ4n) is 2.47. The van der Waals surface area contributed by atoms with Crippen LogP contribution in [-0.2, 0) is 9.59 Å². The van der Waals surface area contributed by atoms with Gasteiger partial charge in [-0.1, -0.05) is 34.1 Å². The van der Waals surface area contributed by atoms with Crippen LogP contribution in [0.3, 0.4) is 0 Å². The van der Waals surface area contributed by atoms with Gasteiger partial charge in [-0.2, -0.15) is 0 Å². The molecule has 0 spiro atoms. The van der Waals surface area contributed by atoms with Gasteiger partial charge >= 0.3 is 0 Å². The average Bonchev–Trinajstić information content (AvgIpc) is 2.38. The lowest BCUT2D eigenvalue weighted by Gasteiger charge is -2.44. The molecule has 6 heteroatoms. The number of benzene rings is 1. The molecule has 0 saturated carbocycles. The lowest BCUT2D eigenvalue weighted by Crippen LogP contribution is -2.65. The van der Waals surface area contributed by atoms with Gasteiger partial charge < -0.3 is 5.73 Å². The van der Waals surface area contributed by atoms with Gasteiger partial charge in [0.15, 0.2) is 0 Å². The molecule has 2 rings (SSSR count). The highest BCUT2D eigenvalue weighted by molar-refractivity contribution is 9.10. The number of carbonyl (C=O) groups excluding carboxylic acids is 2. The largest absolute Gasteiger partial charge is 0.329 e. The summed E-state index contributed by atoms with van der Waals surface area (Å²) in [5, 5.41) is 2.37. The Bertz CT molecular complexity index is 545. The lowest BCUT2D eigenvalue weighted by molar-refractivity contribution is -0.147. The van der Waals surface area contributed by atoms with Crippen LogP contribution < -0.4 is 11.1 Å². The zero-order chi connectivity index (χ0) is 14.9. The van der Waals surface area contributed by atoms with Gasteiger partial charge in [0.2, 0.25) is 11.8 Å². The van der Waals surface area contributed by atoms with Crippen molar-refractivity contribution < 1.29 is 9.59 Å². The molecule has 1 aromatic rings. The fourth-order valence-corrected chi connectivity index (χ4v) is 3.02. The van der Waals surface area contributed by atoms with Crippen LogP contribution >= 0.6 is 15.9 Å². The van der Waals surface area contributed by atoms with Crippen LogP contribution in [0.5, 0.6) is 0 Å². The van der Waals surface area contributed by atoms with E-state index in [1.54, 1.807) is 13.8 Å². The van der Waals surface area contributed by atoms with Crippen molar-refractivity contribution in [2.24, 2.45) is 5.73 Å². The Balaban J connectivity index is 2.42. The summed E-state index contributed by atoms with van der Waals surface area (Å²) in [4.78, 5) is 25.6. The van der Waals surface area contributed by atoms with Crippen LogP contribution in [0.25, 0.3) is 0 Å². The Labute approximate surface area is 126 Å². The maximum absolute atomic E-state index is 12.0. The molecular weight excluding hydrogens is 322 g/mol. The van der Waals surface area contributed by atoms with Crippen molar-refractivity contribution in [1.82, 2.24) is 10.2 Å². The third kappa shape index (κ3) is 2.63. The summed E-state index contributed by atoms with van der Waals surface area (Å²) in [5.74, 6) is -0.584. The number of rotatable bonds is 3. The molecule has 20 heavy (non-hydrogen) atoms. The number of carbonyl (C=O) groups is 2. The zero-order valence-electron chi connectivity index (χ0n) is 11.5. The second-order valence-electron chi connectivity index (χ2n) is 5.34. The van der Waals surface area contributed by atoms with E-state index in [0.717, 1.165) is 10.0 Å². The first-order valence-electron chi connectivity index (χ1n) is 6.43. The highest BCUT2D eigenvalue weighted by Gasteiger charge is 2.44. The SMILES string of the molecule is CC1(C)C(=O)NC(=O)CN1C(CN)c1ccccc1Br. The van der Waals surface area contributed by atoms with Gasteiger partial charge in [0.25, 0.3) is 0 Å². The minimum absolute atomic E-state index is 0.155. The predicted molar refractivity (Wildman–Crippen MR) is 79.9 cm³/mol. The van der Waals surface area contributed by atoms with E-state index in [1.165, 1.54) is 0 Å². The zero-order valence-corrected chi connectivity index (χ0v) is 13.1. The molecule has 1 aliphatic heterocycles. The fraction of sp³-hybridized carbons (Fsp3) is 0.429. The van der Waals surface area contributed by atoms with Crippen molar-refractivity contribution in [3.63, 3.8) is 0 Å². The molecule has 3 N–H and O–H groups in total. The molecule has 1 unspecified atom stereocenters. The number of imide groups is 1. The van der Waals surface area contributed by atoms with Gasteiger partial charge in [0.1, 0.15) is 0 Å². The van der Waals surface area contributed by atoms with Crippen molar-refractivity contribution in [1.29, 1.82) is 0 Å². The summed E-state index contributed by atoms with van der Waals surface area (Å²) in [5.41, 5.74) is 6.10.